The van der Waals surface area contributed by atoms with Crippen molar-refractivity contribution in [3.63, 3.8) is 0 Å². The van der Waals surface area contributed by atoms with Gasteiger partial charge in [0.25, 0.3) is 5.56 Å². The quantitative estimate of drug-likeness (QED) is 0.726. The Morgan fingerprint density at radius 3 is 2.39 bits per heavy atom. The highest BCUT2D eigenvalue weighted by Gasteiger charge is 2.34. The standard InChI is InChI=1S/C20H18F3N3O2/c1-12(2)17(26-11-24-15-9-5-3-7-13(15)19(26)28)18(27)25-16-10-6-4-8-14(16)20(21,22)23/h3-12,17H,1-2H3,(H,25,27). The molecule has 1 unspecified atom stereocenters. The summed E-state index contributed by atoms with van der Waals surface area (Å²) < 4.78 is 40.8. The van der Waals surface area contributed by atoms with Gasteiger partial charge in [-0.3, -0.25) is 14.2 Å². The number of nitrogens with zero attached hydrogens (tertiary/aromatic N) is 2. The third-order valence-corrected chi connectivity index (χ3v) is 4.38. The minimum absolute atomic E-state index is 0.333. The first kappa shape index (κ1) is 19.6. The van der Waals surface area contributed by atoms with Crippen LogP contribution in [0.5, 0.6) is 0 Å². The van der Waals surface area contributed by atoms with Crippen LogP contribution in [0, 0.1) is 5.92 Å². The smallest absolute Gasteiger partial charge is 0.324 e. The third-order valence-electron chi connectivity index (χ3n) is 4.38. The van der Waals surface area contributed by atoms with Crippen molar-refractivity contribution < 1.29 is 18.0 Å². The van der Waals surface area contributed by atoms with Crippen LogP contribution in [0.2, 0.25) is 0 Å². The maximum Gasteiger partial charge on any atom is 0.418 e. The highest BCUT2D eigenvalue weighted by molar-refractivity contribution is 5.95. The molecule has 3 aromatic rings. The van der Waals surface area contributed by atoms with Gasteiger partial charge in [0, 0.05) is 0 Å². The second-order valence-corrected chi connectivity index (χ2v) is 6.70. The summed E-state index contributed by atoms with van der Waals surface area (Å²) in [5, 5.41) is 2.66. The van der Waals surface area contributed by atoms with Gasteiger partial charge in [0.2, 0.25) is 5.91 Å². The van der Waals surface area contributed by atoms with E-state index in [9.17, 15) is 22.8 Å². The lowest BCUT2D eigenvalue weighted by Gasteiger charge is -2.23. The molecule has 8 heteroatoms. The van der Waals surface area contributed by atoms with E-state index in [1.54, 1.807) is 38.1 Å². The van der Waals surface area contributed by atoms with Crippen LogP contribution >= 0.6 is 0 Å². The Morgan fingerprint density at radius 2 is 1.71 bits per heavy atom. The minimum atomic E-state index is -4.61. The number of carbonyl (C=O) groups is 1. The Labute approximate surface area is 158 Å². The number of alkyl halides is 3. The normalized spacial score (nSPS) is 12.9. The zero-order chi connectivity index (χ0) is 20.5. The van der Waals surface area contributed by atoms with Gasteiger partial charge in [-0.05, 0) is 30.2 Å². The van der Waals surface area contributed by atoms with E-state index in [1.165, 1.54) is 29.1 Å². The fourth-order valence-corrected chi connectivity index (χ4v) is 3.08. The predicted octanol–water partition coefficient (Wildman–Crippen LogP) is 4.25. The van der Waals surface area contributed by atoms with Crippen LogP contribution in [0.3, 0.4) is 0 Å². The van der Waals surface area contributed by atoms with Crippen molar-refractivity contribution in [2.24, 2.45) is 5.92 Å². The summed E-state index contributed by atoms with van der Waals surface area (Å²) in [6.45, 7) is 3.42. The summed E-state index contributed by atoms with van der Waals surface area (Å²) in [5.74, 6) is -1.08. The lowest BCUT2D eigenvalue weighted by Crippen LogP contribution is -2.36. The van der Waals surface area contributed by atoms with Gasteiger partial charge in [-0.25, -0.2) is 4.98 Å². The molecule has 0 fully saturated rings. The van der Waals surface area contributed by atoms with E-state index in [0.29, 0.717) is 10.9 Å². The summed E-state index contributed by atoms with van der Waals surface area (Å²) in [6, 6.07) is 10.4. The number of halogens is 3. The number of para-hydroxylation sites is 2. The second-order valence-electron chi connectivity index (χ2n) is 6.70. The first-order valence-electron chi connectivity index (χ1n) is 8.63. The van der Waals surface area contributed by atoms with Crippen LogP contribution in [0.4, 0.5) is 18.9 Å². The highest BCUT2D eigenvalue weighted by atomic mass is 19.4. The summed E-state index contributed by atoms with van der Waals surface area (Å²) in [5.41, 5.74) is -1.25. The molecule has 5 nitrogen and oxygen atoms in total. The molecule has 1 amide bonds. The van der Waals surface area contributed by atoms with E-state index in [2.05, 4.69) is 10.3 Å². The molecule has 0 saturated carbocycles. The highest BCUT2D eigenvalue weighted by Crippen LogP contribution is 2.35. The van der Waals surface area contributed by atoms with E-state index in [4.69, 9.17) is 0 Å². The van der Waals surface area contributed by atoms with Crippen molar-refractivity contribution in [3.05, 3.63) is 70.8 Å². The fraction of sp³-hybridized carbons (Fsp3) is 0.250. The molecule has 28 heavy (non-hydrogen) atoms. The van der Waals surface area contributed by atoms with Crippen molar-refractivity contribution in [1.82, 2.24) is 9.55 Å². The molecule has 2 aromatic carbocycles. The molecule has 1 aromatic heterocycles. The first-order chi connectivity index (χ1) is 13.2. The largest absolute Gasteiger partial charge is 0.418 e. The molecule has 0 radical (unpaired) electrons. The monoisotopic (exact) mass is 389 g/mol. The molecule has 146 valence electrons. The van der Waals surface area contributed by atoms with Crippen LogP contribution in [0.15, 0.2) is 59.7 Å². The first-order valence-corrected chi connectivity index (χ1v) is 8.63. The topological polar surface area (TPSA) is 64.0 Å². The van der Waals surface area contributed by atoms with Gasteiger partial charge in [0.1, 0.15) is 6.04 Å². The Kier molecular flexibility index (Phi) is 5.22. The number of hydrogen-bond acceptors (Lipinski definition) is 3. The van der Waals surface area contributed by atoms with Gasteiger partial charge in [-0.2, -0.15) is 13.2 Å². The van der Waals surface area contributed by atoms with E-state index in [0.717, 1.165) is 6.07 Å². The Bertz CT molecular complexity index is 1070. The molecule has 0 bridgehead atoms. The Balaban J connectivity index is 2.02. The summed E-state index contributed by atoms with van der Waals surface area (Å²) in [4.78, 5) is 29.9. The van der Waals surface area contributed by atoms with Crippen molar-refractivity contribution >= 4 is 22.5 Å². The number of nitrogens with one attached hydrogen (secondary N) is 1. The van der Waals surface area contributed by atoms with Crippen LogP contribution < -0.4 is 10.9 Å². The number of aromatic nitrogens is 2. The van der Waals surface area contributed by atoms with E-state index < -0.39 is 29.2 Å². The third kappa shape index (κ3) is 3.76. The molecule has 1 atom stereocenters. The number of benzene rings is 2. The minimum Gasteiger partial charge on any atom is -0.324 e. The average molecular weight is 389 g/mol. The van der Waals surface area contributed by atoms with Gasteiger partial charge < -0.3 is 5.32 Å². The van der Waals surface area contributed by atoms with E-state index in [1.807, 2.05) is 0 Å². The van der Waals surface area contributed by atoms with Gasteiger partial charge in [-0.15, -0.1) is 0 Å². The summed E-state index contributed by atoms with van der Waals surface area (Å²) in [7, 11) is 0. The molecular formula is C20H18F3N3O2. The van der Waals surface area contributed by atoms with E-state index >= 15 is 0 Å². The van der Waals surface area contributed by atoms with E-state index in [-0.39, 0.29) is 11.6 Å². The lowest BCUT2D eigenvalue weighted by atomic mass is 10.0. The average Bonchev–Trinajstić information content (AvgIpc) is 2.63. The SMILES string of the molecule is CC(C)C(C(=O)Nc1ccccc1C(F)(F)F)n1cnc2ccccc2c1=O. The van der Waals surface area contributed by atoms with Crippen LogP contribution in [-0.2, 0) is 11.0 Å². The zero-order valence-electron chi connectivity index (χ0n) is 15.2. The zero-order valence-corrected chi connectivity index (χ0v) is 15.2. The van der Waals surface area contributed by atoms with Gasteiger partial charge in [-0.1, -0.05) is 38.1 Å². The number of amides is 1. The molecule has 0 saturated heterocycles. The maximum atomic E-state index is 13.2. The number of hydrogen-bond donors (Lipinski definition) is 1. The van der Waals surface area contributed by atoms with Crippen molar-refractivity contribution in [2.75, 3.05) is 5.32 Å². The van der Waals surface area contributed by atoms with Crippen LogP contribution in [-0.4, -0.2) is 15.5 Å². The van der Waals surface area contributed by atoms with Crippen LogP contribution in [0.25, 0.3) is 10.9 Å². The molecule has 0 spiro atoms. The lowest BCUT2D eigenvalue weighted by molar-refractivity contribution is -0.137. The van der Waals surface area contributed by atoms with Crippen LogP contribution in [0.1, 0.15) is 25.5 Å². The summed E-state index contributed by atoms with van der Waals surface area (Å²) >= 11 is 0. The van der Waals surface area contributed by atoms with Crippen molar-refractivity contribution in [2.45, 2.75) is 26.1 Å². The van der Waals surface area contributed by atoms with Gasteiger partial charge in [0.15, 0.2) is 0 Å². The van der Waals surface area contributed by atoms with Crippen molar-refractivity contribution in [3.8, 4) is 0 Å². The number of fused-ring (bicyclic) bond motifs is 1. The molecule has 0 aliphatic rings. The van der Waals surface area contributed by atoms with Crippen molar-refractivity contribution in [1.29, 1.82) is 0 Å². The molecular weight excluding hydrogens is 371 g/mol. The fourth-order valence-electron chi connectivity index (χ4n) is 3.08. The molecule has 1 heterocycles. The number of rotatable bonds is 4. The molecule has 3 rings (SSSR count). The molecule has 0 aliphatic carbocycles. The van der Waals surface area contributed by atoms with Gasteiger partial charge in [0.05, 0.1) is 28.5 Å². The Morgan fingerprint density at radius 1 is 1.07 bits per heavy atom. The summed E-state index contributed by atoms with van der Waals surface area (Å²) in [6.07, 6.45) is -3.36. The second kappa shape index (κ2) is 7.46. The number of carbonyl (C=O) groups excluding carboxylic acids is 1. The Hall–Kier alpha value is -3.16. The molecule has 1 N–H and O–H groups in total. The van der Waals surface area contributed by atoms with Gasteiger partial charge >= 0.3 is 6.18 Å². The number of anilines is 1. The predicted molar refractivity (Wildman–Crippen MR) is 100.0 cm³/mol. The maximum absolute atomic E-state index is 13.2. The molecule has 0 aliphatic heterocycles.